The number of rotatable bonds is 5. The zero-order chi connectivity index (χ0) is 38.5. The molecule has 58 heavy (non-hydrogen) atoms. The van der Waals surface area contributed by atoms with E-state index in [-0.39, 0.29) is 5.41 Å². The van der Waals surface area contributed by atoms with Crippen LogP contribution in [0, 0.1) is 0 Å². The number of benzene rings is 9. The van der Waals surface area contributed by atoms with E-state index >= 15 is 0 Å². The van der Waals surface area contributed by atoms with Gasteiger partial charge in [0, 0.05) is 59.1 Å². The zero-order valence-electron chi connectivity index (χ0n) is 32.3. The molecule has 2 nitrogen and oxygen atoms in total. The number of hydrogen-bond acceptors (Lipinski definition) is 2. The number of aromatic nitrogens is 1. The molecule has 0 spiro atoms. The molecule has 0 unspecified atom stereocenters. The van der Waals surface area contributed by atoms with Crippen LogP contribution in [0.3, 0.4) is 0 Å². The minimum absolute atomic E-state index is 0.0959. The summed E-state index contributed by atoms with van der Waals surface area (Å²) in [4.78, 5) is 2.44. The van der Waals surface area contributed by atoms with Crippen molar-refractivity contribution in [3.63, 3.8) is 0 Å². The first kappa shape index (κ1) is 33.2. The molecule has 0 saturated heterocycles. The van der Waals surface area contributed by atoms with Gasteiger partial charge < -0.3 is 9.47 Å². The van der Waals surface area contributed by atoms with Crippen molar-refractivity contribution < 1.29 is 0 Å². The Kier molecular flexibility index (Phi) is 7.18. The van der Waals surface area contributed by atoms with Crippen LogP contribution in [0.1, 0.15) is 25.0 Å². The van der Waals surface area contributed by atoms with Gasteiger partial charge in [0.1, 0.15) is 0 Å². The lowest BCUT2D eigenvalue weighted by Crippen LogP contribution is -2.16. The van der Waals surface area contributed by atoms with E-state index in [0.717, 1.165) is 17.1 Å². The zero-order valence-corrected chi connectivity index (χ0v) is 33.1. The van der Waals surface area contributed by atoms with Crippen LogP contribution in [-0.4, -0.2) is 4.57 Å². The summed E-state index contributed by atoms with van der Waals surface area (Å²) in [5.74, 6) is 0. The summed E-state index contributed by atoms with van der Waals surface area (Å²) in [7, 11) is 0. The molecule has 0 aliphatic heterocycles. The highest BCUT2D eigenvalue weighted by Gasteiger charge is 2.35. The summed E-state index contributed by atoms with van der Waals surface area (Å²) in [6.45, 7) is 4.72. The van der Waals surface area contributed by atoms with Gasteiger partial charge >= 0.3 is 0 Å². The van der Waals surface area contributed by atoms with Gasteiger partial charge in [0.15, 0.2) is 0 Å². The SMILES string of the molecule is CC1(C)c2ccccc2-c2ccc(N(c3ccc(-c4ccccc4)cc3)c3ccc4c(c3)sc3ccc(-n5c6ccccc6c6c7ccccc7ccc65)cc34)cc21. The van der Waals surface area contributed by atoms with Crippen molar-refractivity contribution >= 4 is 81.1 Å². The van der Waals surface area contributed by atoms with E-state index in [2.05, 4.69) is 217 Å². The van der Waals surface area contributed by atoms with Crippen LogP contribution in [0.15, 0.2) is 194 Å². The number of fused-ring (bicyclic) bond motifs is 11. The summed E-state index contributed by atoms with van der Waals surface area (Å²) in [5.41, 5.74) is 14.8. The van der Waals surface area contributed by atoms with Gasteiger partial charge in [0.25, 0.3) is 0 Å². The van der Waals surface area contributed by atoms with Gasteiger partial charge in [-0.05, 0) is 111 Å². The van der Waals surface area contributed by atoms with Crippen LogP contribution in [0.2, 0.25) is 0 Å². The molecule has 2 heterocycles. The number of nitrogens with zero attached hydrogens (tertiary/aromatic N) is 2. The van der Waals surface area contributed by atoms with Crippen molar-refractivity contribution in [3.05, 3.63) is 205 Å². The minimum Gasteiger partial charge on any atom is -0.310 e. The van der Waals surface area contributed by atoms with Gasteiger partial charge in [-0.15, -0.1) is 11.3 Å². The second-order valence-corrected chi connectivity index (χ2v) is 17.2. The lowest BCUT2D eigenvalue weighted by molar-refractivity contribution is 0.660. The molecule has 0 atom stereocenters. The molecule has 0 N–H and O–H groups in total. The average molecular weight is 759 g/mol. The maximum Gasteiger partial charge on any atom is 0.0547 e. The Morgan fingerprint density at radius 3 is 2.00 bits per heavy atom. The van der Waals surface area contributed by atoms with Crippen molar-refractivity contribution in [3.8, 4) is 27.9 Å². The summed E-state index contributed by atoms with van der Waals surface area (Å²) in [6.07, 6.45) is 0. The van der Waals surface area contributed by atoms with Crippen LogP contribution < -0.4 is 4.90 Å². The van der Waals surface area contributed by atoms with E-state index in [9.17, 15) is 0 Å². The summed E-state index contributed by atoms with van der Waals surface area (Å²) < 4.78 is 5.01. The van der Waals surface area contributed by atoms with Crippen molar-refractivity contribution in [2.45, 2.75) is 19.3 Å². The third-order valence-electron chi connectivity index (χ3n) is 12.6. The third kappa shape index (κ3) is 4.90. The van der Waals surface area contributed by atoms with E-state index in [4.69, 9.17) is 0 Å². The molecule has 2 aromatic heterocycles. The highest BCUT2D eigenvalue weighted by Crippen LogP contribution is 2.51. The highest BCUT2D eigenvalue weighted by atomic mass is 32.1. The molecule has 12 rings (SSSR count). The van der Waals surface area contributed by atoms with Crippen molar-refractivity contribution in [2.75, 3.05) is 4.90 Å². The fourth-order valence-corrected chi connectivity index (χ4v) is 10.9. The van der Waals surface area contributed by atoms with Crippen LogP contribution in [0.4, 0.5) is 17.1 Å². The average Bonchev–Trinajstić information content (AvgIpc) is 3.89. The summed E-state index contributed by atoms with van der Waals surface area (Å²) >= 11 is 1.87. The normalized spacial score (nSPS) is 13.1. The monoisotopic (exact) mass is 758 g/mol. The molecule has 0 bridgehead atoms. The van der Waals surface area contributed by atoms with Gasteiger partial charge in [0.2, 0.25) is 0 Å². The van der Waals surface area contributed by atoms with Crippen molar-refractivity contribution in [2.24, 2.45) is 0 Å². The van der Waals surface area contributed by atoms with Gasteiger partial charge in [-0.1, -0.05) is 141 Å². The Morgan fingerprint density at radius 2 is 1.12 bits per heavy atom. The van der Waals surface area contributed by atoms with Crippen molar-refractivity contribution in [1.82, 2.24) is 4.57 Å². The molecule has 1 aliphatic carbocycles. The predicted molar refractivity (Wildman–Crippen MR) is 249 cm³/mol. The lowest BCUT2D eigenvalue weighted by Gasteiger charge is -2.28. The molecule has 0 amide bonds. The van der Waals surface area contributed by atoms with Crippen molar-refractivity contribution in [1.29, 1.82) is 0 Å². The van der Waals surface area contributed by atoms with Gasteiger partial charge in [-0.2, -0.15) is 0 Å². The smallest absolute Gasteiger partial charge is 0.0547 e. The maximum absolute atomic E-state index is 2.45. The first-order valence-corrected chi connectivity index (χ1v) is 20.9. The number of hydrogen-bond donors (Lipinski definition) is 0. The quantitative estimate of drug-likeness (QED) is 0.170. The number of para-hydroxylation sites is 1. The molecule has 9 aromatic carbocycles. The van der Waals surface area contributed by atoms with Crippen LogP contribution in [-0.2, 0) is 5.41 Å². The maximum atomic E-state index is 2.45. The first-order valence-electron chi connectivity index (χ1n) is 20.1. The second-order valence-electron chi connectivity index (χ2n) is 16.1. The molecule has 11 aromatic rings. The summed E-state index contributed by atoms with van der Waals surface area (Å²) in [5, 5.41) is 7.71. The molecule has 3 heteroatoms. The van der Waals surface area contributed by atoms with Crippen LogP contribution in [0.25, 0.3) is 80.7 Å². The van der Waals surface area contributed by atoms with E-state index in [1.54, 1.807) is 0 Å². The molecular formula is C55H38N2S. The van der Waals surface area contributed by atoms with E-state index in [1.807, 2.05) is 11.3 Å². The highest BCUT2D eigenvalue weighted by molar-refractivity contribution is 7.25. The lowest BCUT2D eigenvalue weighted by atomic mass is 9.82. The van der Waals surface area contributed by atoms with Crippen LogP contribution >= 0.6 is 11.3 Å². The topological polar surface area (TPSA) is 8.17 Å². The molecule has 1 aliphatic rings. The fraction of sp³-hybridized carbons (Fsp3) is 0.0545. The molecule has 0 saturated carbocycles. The van der Waals surface area contributed by atoms with Gasteiger partial charge in [-0.25, -0.2) is 0 Å². The van der Waals surface area contributed by atoms with Gasteiger partial charge in [0.05, 0.1) is 11.0 Å². The molecule has 274 valence electrons. The van der Waals surface area contributed by atoms with E-state index in [0.29, 0.717) is 0 Å². The Bertz CT molecular complexity index is 3420. The van der Waals surface area contributed by atoms with Crippen LogP contribution in [0.5, 0.6) is 0 Å². The standard InChI is InChI=1S/C55H38N2S/c1-55(2)48-18-10-8-16-43(48)44-28-25-40(33-49(44)55)56(38-23-20-36(21-24-38)35-12-4-3-5-13-35)41-26-29-45-47-32-39(27-31-52(47)58-53(45)34-41)57-50-19-11-9-17-46(50)54-42-15-7-6-14-37(42)22-30-51(54)57/h3-34H,1-2H3. The third-order valence-corrected chi connectivity index (χ3v) is 13.7. The Labute approximate surface area is 341 Å². The Balaban J connectivity index is 1.01. The first-order chi connectivity index (χ1) is 28.5. The number of thiophene rings is 1. The summed E-state index contributed by atoms with van der Waals surface area (Å²) in [6, 6.07) is 71.8. The number of anilines is 3. The second kappa shape index (κ2) is 12.5. The Hall–Kier alpha value is -6.94. The molecular weight excluding hydrogens is 721 g/mol. The van der Waals surface area contributed by atoms with Gasteiger partial charge in [-0.3, -0.25) is 0 Å². The predicted octanol–water partition coefficient (Wildman–Crippen LogP) is 15.7. The van der Waals surface area contributed by atoms with E-state index in [1.165, 1.54) is 91.8 Å². The molecule has 0 fully saturated rings. The largest absolute Gasteiger partial charge is 0.310 e. The fourth-order valence-electron chi connectivity index (χ4n) is 9.76. The minimum atomic E-state index is -0.0959. The van der Waals surface area contributed by atoms with E-state index < -0.39 is 0 Å². The molecule has 0 radical (unpaired) electrons. The Morgan fingerprint density at radius 1 is 0.431 bits per heavy atom.